The Hall–Kier alpha value is -0.420. The van der Waals surface area contributed by atoms with E-state index in [-0.39, 0.29) is 12.0 Å². The van der Waals surface area contributed by atoms with Gasteiger partial charge in [-0.05, 0) is 37.6 Å². The van der Waals surface area contributed by atoms with Crippen LogP contribution in [0.4, 0.5) is 0 Å². The van der Waals surface area contributed by atoms with Gasteiger partial charge in [-0.25, -0.2) is 0 Å². The molecular formula is C15H22BrNO2. The number of aliphatic hydroxyl groups is 1. The van der Waals surface area contributed by atoms with Crippen LogP contribution in [0.5, 0.6) is 0 Å². The SMILES string of the molecule is CN(Cc1ccc(Br)cc1)CC1(CO)CCCOC1. The maximum Gasteiger partial charge on any atom is 0.0556 e. The highest BCUT2D eigenvalue weighted by molar-refractivity contribution is 9.10. The summed E-state index contributed by atoms with van der Waals surface area (Å²) in [5.41, 5.74) is 1.21. The molecule has 0 bridgehead atoms. The minimum atomic E-state index is -0.0810. The predicted molar refractivity (Wildman–Crippen MR) is 80.0 cm³/mol. The molecule has 0 radical (unpaired) electrons. The first kappa shape index (κ1) is 15.0. The number of nitrogens with zero attached hydrogens (tertiary/aromatic N) is 1. The van der Waals surface area contributed by atoms with Crippen molar-refractivity contribution in [1.29, 1.82) is 0 Å². The molecule has 2 rings (SSSR count). The largest absolute Gasteiger partial charge is 0.396 e. The maximum atomic E-state index is 9.68. The van der Waals surface area contributed by atoms with Crippen LogP contribution in [0.3, 0.4) is 0 Å². The highest BCUT2D eigenvalue weighted by Gasteiger charge is 2.33. The van der Waals surface area contributed by atoms with Crippen LogP contribution < -0.4 is 0 Å². The van der Waals surface area contributed by atoms with Gasteiger partial charge in [0.25, 0.3) is 0 Å². The van der Waals surface area contributed by atoms with Crippen molar-refractivity contribution in [1.82, 2.24) is 4.90 Å². The average Bonchev–Trinajstić information content (AvgIpc) is 2.42. The summed E-state index contributed by atoms with van der Waals surface area (Å²) in [5, 5.41) is 9.68. The molecule has 1 atom stereocenters. The molecule has 1 saturated heterocycles. The summed E-state index contributed by atoms with van der Waals surface area (Å²) >= 11 is 3.45. The maximum absolute atomic E-state index is 9.68. The average molecular weight is 328 g/mol. The number of rotatable bonds is 5. The Morgan fingerprint density at radius 1 is 1.37 bits per heavy atom. The van der Waals surface area contributed by atoms with Crippen molar-refractivity contribution < 1.29 is 9.84 Å². The topological polar surface area (TPSA) is 32.7 Å². The van der Waals surface area contributed by atoms with Crippen molar-refractivity contribution in [2.75, 3.05) is 33.4 Å². The Balaban J connectivity index is 1.92. The van der Waals surface area contributed by atoms with Gasteiger partial charge in [-0.1, -0.05) is 28.1 Å². The molecule has 19 heavy (non-hydrogen) atoms. The van der Waals surface area contributed by atoms with Crippen LogP contribution in [0.2, 0.25) is 0 Å². The third-order valence-electron chi connectivity index (χ3n) is 3.71. The fourth-order valence-electron chi connectivity index (χ4n) is 2.74. The van der Waals surface area contributed by atoms with E-state index in [0.717, 1.165) is 37.0 Å². The first-order chi connectivity index (χ1) is 9.13. The quantitative estimate of drug-likeness (QED) is 0.902. The van der Waals surface area contributed by atoms with Crippen molar-refractivity contribution in [2.45, 2.75) is 19.4 Å². The second-order valence-electron chi connectivity index (χ2n) is 5.61. The lowest BCUT2D eigenvalue weighted by Gasteiger charge is -2.38. The van der Waals surface area contributed by atoms with Gasteiger partial charge in [-0.2, -0.15) is 0 Å². The Labute approximate surface area is 123 Å². The second kappa shape index (κ2) is 6.84. The lowest BCUT2D eigenvalue weighted by atomic mass is 9.83. The Bertz CT molecular complexity index is 388. The minimum Gasteiger partial charge on any atom is -0.396 e. The molecule has 1 aliphatic rings. The van der Waals surface area contributed by atoms with Gasteiger partial charge in [0, 0.05) is 29.6 Å². The molecule has 1 fully saturated rings. The van der Waals surface area contributed by atoms with Crippen LogP contribution in [-0.2, 0) is 11.3 Å². The molecule has 0 spiro atoms. The van der Waals surface area contributed by atoms with Crippen LogP contribution in [0.25, 0.3) is 0 Å². The van der Waals surface area contributed by atoms with E-state index in [0.29, 0.717) is 6.61 Å². The molecule has 1 unspecified atom stereocenters. The third-order valence-corrected chi connectivity index (χ3v) is 4.24. The van der Waals surface area contributed by atoms with Gasteiger partial charge in [-0.15, -0.1) is 0 Å². The molecule has 1 heterocycles. The Morgan fingerprint density at radius 3 is 2.68 bits per heavy atom. The summed E-state index contributed by atoms with van der Waals surface area (Å²) < 4.78 is 6.65. The first-order valence-corrected chi connectivity index (χ1v) is 7.54. The predicted octanol–water partition coefficient (Wildman–Crippen LogP) is 2.67. The smallest absolute Gasteiger partial charge is 0.0556 e. The molecule has 0 aromatic heterocycles. The van der Waals surface area contributed by atoms with Gasteiger partial charge in [0.1, 0.15) is 0 Å². The lowest BCUT2D eigenvalue weighted by molar-refractivity contribution is -0.0531. The number of hydrogen-bond acceptors (Lipinski definition) is 3. The molecule has 1 aromatic rings. The van der Waals surface area contributed by atoms with Crippen LogP contribution in [-0.4, -0.2) is 43.4 Å². The van der Waals surface area contributed by atoms with Crippen LogP contribution >= 0.6 is 15.9 Å². The molecule has 1 aliphatic heterocycles. The van der Waals surface area contributed by atoms with Gasteiger partial charge in [0.05, 0.1) is 13.2 Å². The van der Waals surface area contributed by atoms with E-state index >= 15 is 0 Å². The third kappa shape index (κ3) is 4.28. The Morgan fingerprint density at radius 2 is 2.11 bits per heavy atom. The summed E-state index contributed by atoms with van der Waals surface area (Å²) in [6.45, 7) is 3.48. The van der Waals surface area contributed by atoms with E-state index in [9.17, 15) is 5.11 Å². The lowest BCUT2D eigenvalue weighted by Crippen LogP contribution is -2.44. The zero-order valence-electron chi connectivity index (χ0n) is 11.4. The molecule has 0 saturated carbocycles. The van der Waals surface area contributed by atoms with Crippen molar-refractivity contribution in [3.05, 3.63) is 34.3 Å². The van der Waals surface area contributed by atoms with E-state index in [1.165, 1.54) is 5.56 Å². The van der Waals surface area contributed by atoms with Crippen LogP contribution in [0.1, 0.15) is 18.4 Å². The fraction of sp³-hybridized carbons (Fsp3) is 0.600. The number of halogens is 1. The summed E-state index contributed by atoms with van der Waals surface area (Å²) in [5.74, 6) is 0. The molecule has 1 N–H and O–H groups in total. The summed E-state index contributed by atoms with van der Waals surface area (Å²) in [7, 11) is 2.11. The highest BCUT2D eigenvalue weighted by atomic mass is 79.9. The van der Waals surface area contributed by atoms with E-state index < -0.39 is 0 Å². The number of aliphatic hydroxyl groups excluding tert-OH is 1. The monoisotopic (exact) mass is 327 g/mol. The van der Waals surface area contributed by atoms with Crippen molar-refractivity contribution >= 4 is 15.9 Å². The van der Waals surface area contributed by atoms with Crippen LogP contribution in [0.15, 0.2) is 28.7 Å². The summed E-state index contributed by atoms with van der Waals surface area (Å²) in [6, 6.07) is 8.39. The van der Waals surface area contributed by atoms with Gasteiger partial charge in [-0.3, -0.25) is 0 Å². The van der Waals surface area contributed by atoms with Gasteiger partial charge in [0.15, 0.2) is 0 Å². The molecule has 3 nitrogen and oxygen atoms in total. The van der Waals surface area contributed by atoms with Gasteiger partial charge >= 0.3 is 0 Å². The summed E-state index contributed by atoms with van der Waals surface area (Å²) in [4.78, 5) is 2.27. The van der Waals surface area contributed by atoms with E-state index in [1.54, 1.807) is 0 Å². The Kier molecular flexibility index (Phi) is 5.39. The molecule has 0 aliphatic carbocycles. The van der Waals surface area contributed by atoms with Crippen molar-refractivity contribution in [2.24, 2.45) is 5.41 Å². The van der Waals surface area contributed by atoms with Gasteiger partial charge in [0.2, 0.25) is 0 Å². The summed E-state index contributed by atoms with van der Waals surface area (Å²) in [6.07, 6.45) is 2.10. The molecule has 1 aromatic carbocycles. The number of ether oxygens (including phenoxy) is 1. The number of benzene rings is 1. The molecule has 0 amide bonds. The highest BCUT2D eigenvalue weighted by Crippen LogP contribution is 2.29. The number of hydrogen-bond donors (Lipinski definition) is 1. The zero-order chi connectivity index (χ0) is 13.7. The normalized spacial score (nSPS) is 23.8. The van der Waals surface area contributed by atoms with Crippen LogP contribution in [0, 0.1) is 5.41 Å². The van der Waals surface area contributed by atoms with E-state index in [2.05, 4.69) is 52.1 Å². The van der Waals surface area contributed by atoms with Crippen molar-refractivity contribution in [3.8, 4) is 0 Å². The molecule has 4 heteroatoms. The molecule has 106 valence electrons. The minimum absolute atomic E-state index is 0.0810. The fourth-order valence-corrected chi connectivity index (χ4v) is 3.00. The molecular weight excluding hydrogens is 306 g/mol. The second-order valence-corrected chi connectivity index (χ2v) is 6.53. The first-order valence-electron chi connectivity index (χ1n) is 6.75. The van der Waals surface area contributed by atoms with Crippen molar-refractivity contribution in [3.63, 3.8) is 0 Å². The van der Waals surface area contributed by atoms with Gasteiger partial charge < -0.3 is 14.7 Å². The van der Waals surface area contributed by atoms with E-state index in [4.69, 9.17) is 4.74 Å². The zero-order valence-corrected chi connectivity index (χ0v) is 13.0. The standard InChI is InChI=1S/C15H22BrNO2/c1-17(9-13-3-5-14(16)6-4-13)10-15(11-18)7-2-8-19-12-15/h3-6,18H,2,7-12H2,1H3. The van der Waals surface area contributed by atoms with E-state index in [1.807, 2.05) is 0 Å².